The number of amides is 4. The van der Waals surface area contributed by atoms with Crippen molar-refractivity contribution in [2.75, 3.05) is 50.2 Å². The summed E-state index contributed by atoms with van der Waals surface area (Å²) < 4.78 is 11.4. The lowest BCUT2D eigenvalue weighted by Gasteiger charge is -2.39. The Morgan fingerprint density at radius 1 is 0.929 bits per heavy atom. The molecule has 4 aliphatic heterocycles. The molecule has 3 aromatic carbocycles. The van der Waals surface area contributed by atoms with E-state index in [0.29, 0.717) is 43.9 Å². The lowest BCUT2D eigenvalue weighted by atomic mass is 9.82. The van der Waals surface area contributed by atoms with Crippen LogP contribution in [0.1, 0.15) is 57.9 Å². The first kappa shape index (κ1) is 37.5. The Balaban J connectivity index is 0.812. The largest absolute Gasteiger partial charge is 0.394 e. The quantitative estimate of drug-likeness (QED) is 0.109. The molecular formula is C43H46N6O7. The van der Waals surface area contributed by atoms with Crippen LogP contribution in [0.5, 0.6) is 0 Å². The summed E-state index contributed by atoms with van der Waals surface area (Å²) >= 11 is 0. The van der Waals surface area contributed by atoms with Crippen molar-refractivity contribution in [1.29, 1.82) is 0 Å². The third kappa shape index (κ3) is 7.94. The van der Waals surface area contributed by atoms with Crippen molar-refractivity contribution in [2.45, 2.75) is 56.9 Å². The Hall–Kier alpha value is -5.47. The van der Waals surface area contributed by atoms with Crippen LogP contribution in [0.15, 0.2) is 85.2 Å². The maximum absolute atomic E-state index is 13.1. The second kappa shape index (κ2) is 16.7. The van der Waals surface area contributed by atoms with Gasteiger partial charge >= 0.3 is 0 Å². The summed E-state index contributed by atoms with van der Waals surface area (Å²) in [4.78, 5) is 58.2. The molecule has 4 aliphatic rings. The molecule has 4 N–H and O–H groups in total. The number of ether oxygens (including phenoxy) is 2. The van der Waals surface area contributed by atoms with E-state index in [0.717, 1.165) is 47.5 Å². The zero-order valence-corrected chi connectivity index (χ0v) is 31.1. The van der Waals surface area contributed by atoms with Gasteiger partial charge in [0.15, 0.2) is 0 Å². The number of likely N-dealkylation sites (tertiary alicyclic amines) is 1. The van der Waals surface area contributed by atoms with Gasteiger partial charge in [0, 0.05) is 60.8 Å². The van der Waals surface area contributed by atoms with Gasteiger partial charge in [-0.25, -0.2) is 0 Å². The van der Waals surface area contributed by atoms with E-state index >= 15 is 0 Å². The number of hydrogen-bond donors (Lipinski definition) is 4. The molecule has 0 aliphatic carbocycles. The van der Waals surface area contributed by atoms with Gasteiger partial charge in [0.25, 0.3) is 5.91 Å². The van der Waals surface area contributed by atoms with Gasteiger partial charge in [-0.05, 0) is 102 Å². The van der Waals surface area contributed by atoms with Gasteiger partial charge in [0.05, 0.1) is 32.5 Å². The molecule has 290 valence electrons. The van der Waals surface area contributed by atoms with Gasteiger partial charge in [-0.1, -0.05) is 30.3 Å². The topological polar surface area (TPSA) is 162 Å². The lowest BCUT2D eigenvalue weighted by Crippen LogP contribution is -2.52. The van der Waals surface area contributed by atoms with Crippen molar-refractivity contribution in [1.82, 2.24) is 20.1 Å². The van der Waals surface area contributed by atoms with Crippen LogP contribution in [0.2, 0.25) is 0 Å². The Labute approximate surface area is 325 Å². The van der Waals surface area contributed by atoms with Crippen molar-refractivity contribution in [3.63, 3.8) is 0 Å². The first-order valence-corrected chi connectivity index (χ1v) is 19.3. The number of aromatic nitrogens is 1. The Morgan fingerprint density at radius 3 is 2.59 bits per heavy atom. The third-order valence-electron chi connectivity index (χ3n) is 11.4. The van der Waals surface area contributed by atoms with Gasteiger partial charge < -0.3 is 30.1 Å². The summed E-state index contributed by atoms with van der Waals surface area (Å²) in [6.07, 6.45) is 5.77. The van der Waals surface area contributed by atoms with Gasteiger partial charge in [-0.15, -0.1) is 0 Å². The number of fused-ring (bicyclic) bond motifs is 4. The Morgan fingerprint density at radius 2 is 1.75 bits per heavy atom. The van der Waals surface area contributed by atoms with Crippen molar-refractivity contribution in [3.8, 4) is 11.1 Å². The summed E-state index contributed by atoms with van der Waals surface area (Å²) in [6.45, 7) is 2.98. The van der Waals surface area contributed by atoms with Gasteiger partial charge in [-0.2, -0.15) is 0 Å². The minimum absolute atomic E-state index is 0.00190. The molecule has 2 saturated heterocycles. The molecule has 2 fully saturated rings. The van der Waals surface area contributed by atoms with Crippen LogP contribution >= 0.6 is 0 Å². The predicted molar refractivity (Wildman–Crippen MR) is 208 cm³/mol. The van der Waals surface area contributed by atoms with Crippen molar-refractivity contribution < 1.29 is 33.8 Å². The molecule has 1 aromatic heterocycles. The molecule has 4 atom stereocenters. The maximum atomic E-state index is 13.1. The summed E-state index contributed by atoms with van der Waals surface area (Å²) in [7, 11) is 0. The van der Waals surface area contributed by atoms with Crippen molar-refractivity contribution >= 4 is 35.0 Å². The number of imide groups is 1. The number of benzene rings is 3. The normalized spacial score (nSPS) is 21.6. The number of carbonyl (C=O) groups is 4. The number of aliphatic hydroxyl groups excluding tert-OH is 1. The van der Waals surface area contributed by atoms with Crippen LogP contribution in [-0.2, 0) is 43.4 Å². The Bertz CT molecular complexity index is 2110. The Kier molecular flexibility index (Phi) is 11.2. The minimum atomic E-state index is -0.653. The van der Waals surface area contributed by atoms with Gasteiger partial charge in [0.1, 0.15) is 12.6 Å². The summed E-state index contributed by atoms with van der Waals surface area (Å²) in [6, 6.07) is 23.4. The van der Waals surface area contributed by atoms with E-state index < -0.39 is 11.9 Å². The van der Waals surface area contributed by atoms with Crippen LogP contribution in [0.3, 0.4) is 0 Å². The fraction of sp³-hybridized carbons (Fsp3) is 0.372. The summed E-state index contributed by atoms with van der Waals surface area (Å²) in [5.41, 5.74) is 8.61. The number of hydrogen-bond acceptors (Lipinski definition) is 10. The molecule has 13 heteroatoms. The number of nitrogens with one attached hydrogen (secondary N) is 3. The fourth-order valence-electron chi connectivity index (χ4n) is 8.66. The zero-order chi connectivity index (χ0) is 38.6. The smallest absolute Gasteiger partial charge is 0.255 e. The molecule has 13 nitrogen and oxygen atoms in total. The number of piperidine rings is 1. The monoisotopic (exact) mass is 758 g/mol. The fourth-order valence-corrected chi connectivity index (χ4v) is 8.66. The van der Waals surface area contributed by atoms with Crippen LogP contribution in [0.4, 0.5) is 11.4 Å². The highest BCUT2D eigenvalue weighted by Crippen LogP contribution is 2.48. The van der Waals surface area contributed by atoms with E-state index in [1.165, 1.54) is 11.1 Å². The number of aliphatic hydroxyl groups is 1. The van der Waals surface area contributed by atoms with E-state index in [4.69, 9.17) is 9.47 Å². The van der Waals surface area contributed by atoms with Crippen molar-refractivity contribution in [3.05, 3.63) is 113 Å². The lowest BCUT2D eigenvalue weighted by molar-refractivity contribution is -0.137. The molecule has 0 radical (unpaired) electrons. The third-order valence-corrected chi connectivity index (χ3v) is 11.4. The summed E-state index contributed by atoms with van der Waals surface area (Å²) in [5.74, 6) is -0.914. The highest BCUT2D eigenvalue weighted by atomic mass is 16.5. The molecule has 4 amide bonds. The first-order valence-electron chi connectivity index (χ1n) is 19.3. The predicted octanol–water partition coefficient (Wildman–Crippen LogP) is 4.07. The molecule has 0 saturated carbocycles. The molecule has 8 rings (SSSR count). The van der Waals surface area contributed by atoms with E-state index in [1.54, 1.807) is 11.0 Å². The summed E-state index contributed by atoms with van der Waals surface area (Å²) in [5, 5.41) is 19.1. The molecule has 4 aromatic rings. The molecule has 0 bridgehead atoms. The second-order valence-corrected chi connectivity index (χ2v) is 14.8. The van der Waals surface area contributed by atoms with E-state index in [2.05, 4.69) is 56.2 Å². The molecule has 1 unspecified atom stereocenters. The highest BCUT2D eigenvalue weighted by molar-refractivity contribution is 6.05. The molecule has 5 heterocycles. The SMILES string of the molecule is O=C1CCC(N2Cc3c(CCOCCOCC(=O)Nc4cccc(-c5ccc6c(c5)[C@H]5[C@H](CCN5Cc5ccncc5)[C@@H](CO)N6)c4)cccc3C2=O)C(=O)N1. The number of rotatable bonds is 14. The molecule has 0 spiro atoms. The number of carbonyl (C=O) groups excluding carboxylic acids is 4. The molecular weight excluding hydrogens is 713 g/mol. The van der Waals surface area contributed by atoms with Crippen LogP contribution in [-0.4, -0.2) is 95.2 Å². The highest BCUT2D eigenvalue weighted by Gasteiger charge is 2.44. The van der Waals surface area contributed by atoms with Crippen LogP contribution < -0.4 is 16.0 Å². The van der Waals surface area contributed by atoms with Crippen molar-refractivity contribution in [2.24, 2.45) is 5.92 Å². The maximum Gasteiger partial charge on any atom is 0.255 e. The van der Waals surface area contributed by atoms with Gasteiger partial charge in [-0.3, -0.25) is 34.4 Å². The average Bonchev–Trinajstić information content (AvgIpc) is 3.78. The van der Waals surface area contributed by atoms with Crippen LogP contribution in [0.25, 0.3) is 11.1 Å². The molecule has 56 heavy (non-hydrogen) atoms. The van der Waals surface area contributed by atoms with E-state index in [9.17, 15) is 24.3 Å². The number of anilines is 2. The standard InChI is InChI=1S/C43H46N6O7/c50-25-37-33-13-17-48(23-27-11-15-44-16-12-27)41(33)34-22-30(7-8-36(34)46-37)29-4-1-5-31(21-29)45-40(52)26-56-20-19-55-18-14-28-3-2-6-32-35(28)24-49(43(32)54)38-9-10-39(51)47-42(38)53/h1-8,11-12,15-16,21-22,33,37-38,41,46,50H,9-10,13-14,17-20,23-26H2,(H,45,52)(H,47,51,53)/t33-,37-,38?,41-/m1/s1. The zero-order valence-electron chi connectivity index (χ0n) is 31.1. The first-order chi connectivity index (χ1) is 27.4. The minimum Gasteiger partial charge on any atom is -0.394 e. The average molecular weight is 759 g/mol. The second-order valence-electron chi connectivity index (χ2n) is 14.8. The van der Waals surface area contributed by atoms with E-state index in [1.807, 2.05) is 48.8 Å². The van der Waals surface area contributed by atoms with Gasteiger partial charge in [0.2, 0.25) is 17.7 Å². The van der Waals surface area contributed by atoms with E-state index in [-0.39, 0.29) is 62.0 Å². The number of pyridine rings is 1. The number of nitrogens with zero attached hydrogens (tertiary/aromatic N) is 3. The van der Waals surface area contributed by atoms with Crippen LogP contribution in [0, 0.1) is 5.92 Å².